The van der Waals surface area contributed by atoms with E-state index in [2.05, 4.69) is 17.4 Å². The topological polar surface area (TPSA) is 63.8 Å². The molecule has 26 heavy (non-hydrogen) atoms. The lowest BCUT2D eigenvalue weighted by Crippen LogP contribution is -2.35. The summed E-state index contributed by atoms with van der Waals surface area (Å²) in [5, 5.41) is 4.25. The van der Waals surface area contributed by atoms with Crippen LogP contribution < -0.4 is 11.1 Å². The van der Waals surface area contributed by atoms with Crippen molar-refractivity contribution in [2.75, 3.05) is 11.9 Å². The fourth-order valence-electron chi connectivity index (χ4n) is 3.24. The second-order valence-corrected chi connectivity index (χ2v) is 7.48. The van der Waals surface area contributed by atoms with Crippen molar-refractivity contribution in [2.45, 2.75) is 50.0 Å². The van der Waals surface area contributed by atoms with E-state index in [1.54, 1.807) is 0 Å². The van der Waals surface area contributed by atoms with Gasteiger partial charge in [0.2, 0.25) is 0 Å². The minimum Gasteiger partial charge on any atom is -0.370 e. The number of hydrogen-bond donors (Lipinski definition) is 2. The van der Waals surface area contributed by atoms with Gasteiger partial charge in [0.05, 0.1) is 0 Å². The first kappa shape index (κ1) is 21.2. The predicted molar refractivity (Wildman–Crippen MR) is 112 cm³/mol. The van der Waals surface area contributed by atoms with Gasteiger partial charge >= 0.3 is 0 Å². The van der Waals surface area contributed by atoms with Crippen molar-refractivity contribution in [1.82, 2.24) is 9.97 Å². The largest absolute Gasteiger partial charge is 0.370 e. The SMILES string of the molecule is Cl.Cl.NC1CC(c2cc(NCCc3cccc(Cl)c3)nc(C3CC3)n2)C1. The highest BCUT2D eigenvalue weighted by atomic mass is 35.5. The number of nitrogens with two attached hydrogens (primary N) is 1. The fraction of sp³-hybridized carbons (Fsp3) is 0.474. The zero-order valence-electron chi connectivity index (χ0n) is 14.5. The lowest BCUT2D eigenvalue weighted by molar-refractivity contribution is 0.344. The molecular weight excluding hydrogens is 391 g/mol. The number of aromatic nitrogens is 2. The van der Waals surface area contributed by atoms with Gasteiger partial charge in [-0.05, 0) is 49.8 Å². The highest BCUT2D eigenvalue weighted by Crippen LogP contribution is 2.41. The van der Waals surface area contributed by atoms with Crippen molar-refractivity contribution in [3.05, 3.63) is 52.4 Å². The third-order valence-corrected chi connectivity index (χ3v) is 5.14. The van der Waals surface area contributed by atoms with Crippen LogP contribution in [-0.4, -0.2) is 22.6 Å². The van der Waals surface area contributed by atoms with Crippen molar-refractivity contribution in [2.24, 2.45) is 5.73 Å². The van der Waals surface area contributed by atoms with Crippen LogP contribution in [0.1, 0.15) is 54.6 Å². The van der Waals surface area contributed by atoms with Crippen molar-refractivity contribution < 1.29 is 0 Å². The lowest BCUT2D eigenvalue weighted by Gasteiger charge is -2.32. The van der Waals surface area contributed by atoms with Gasteiger partial charge in [-0.15, -0.1) is 24.8 Å². The maximum absolute atomic E-state index is 6.04. The first-order chi connectivity index (χ1) is 11.7. The summed E-state index contributed by atoms with van der Waals surface area (Å²) < 4.78 is 0. The third-order valence-electron chi connectivity index (χ3n) is 4.91. The average molecular weight is 416 g/mol. The van der Waals surface area contributed by atoms with E-state index in [1.807, 2.05) is 18.2 Å². The monoisotopic (exact) mass is 414 g/mol. The highest BCUT2D eigenvalue weighted by molar-refractivity contribution is 6.30. The van der Waals surface area contributed by atoms with Crippen LogP contribution in [0.4, 0.5) is 5.82 Å². The number of benzene rings is 1. The smallest absolute Gasteiger partial charge is 0.134 e. The summed E-state index contributed by atoms with van der Waals surface area (Å²) in [6.45, 7) is 0.838. The van der Waals surface area contributed by atoms with Crippen LogP contribution in [0.5, 0.6) is 0 Å². The lowest BCUT2D eigenvalue weighted by atomic mass is 9.78. The van der Waals surface area contributed by atoms with Gasteiger partial charge in [0, 0.05) is 41.2 Å². The van der Waals surface area contributed by atoms with Gasteiger partial charge in [-0.3, -0.25) is 0 Å². The van der Waals surface area contributed by atoms with Gasteiger partial charge in [0.1, 0.15) is 11.6 Å². The van der Waals surface area contributed by atoms with E-state index in [1.165, 1.54) is 24.1 Å². The molecular formula is C19H25Cl3N4. The van der Waals surface area contributed by atoms with Gasteiger partial charge in [-0.2, -0.15) is 0 Å². The molecule has 0 saturated heterocycles. The molecule has 1 aromatic carbocycles. The number of nitrogens with zero attached hydrogens (tertiary/aromatic N) is 2. The summed E-state index contributed by atoms with van der Waals surface area (Å²) in [6, 6.07) is 10.5. The molecule has 3 N–H and O–H groups in total. The van der Waals surface area contributed by atoms with Crippen LogP contribution in [0.3, 0.4) is 0 Å². The Morgan fingerprint density at radius 3 is 2.50 bits per heavy atom. The van der Waals surface area contributed by atoms with E-state index in [-0.39, 0.29) is 24.8 Å². The quantitative estimate of drug-likeness (QED) is 0.717. The normalized spacial score (nSPS) is 21.2. The third kappa shape index (κ3) is 5.23. The van der Waals surface area contributed by atoms with E-state index < -0.39 is 0 Å². The summed E-state index contributed by atoms with van der Waals surface area (Å²) in [6.07, 6.45) is 5.45. The highest BCUT2D eigenvalue weighted by Gasteiger charge is 2.32. The van der Waals surface area contributed by atoms with Crippen LogP contribution in [0.25, 0.3) is 0 Å². The molecule has 0 atom stereocenters. The zero-order chi connectivity index (χ0) is 16.5. The van der Waals surface area contributed by atoms with Crippen LogP contribution >= 0.6 is 36.4 Å². The minimum atomic E-state index is 0. The Hall–Kier alpha value is -1.07. The maximum atomic E-state index is 6.04. The molecule has 2 aliphatic rings. The molecule has 0 amide bonds. The zero-order valence-corrected chi connectivity index (χ0v) is 16.9. The van der Waals surface area contributed by atoms with Gasteiger partial charge < -0.3 is 11.1 Å². The number of hydrogen-bond acceptors (Lipinski definition) is 4. The first-order valence-corrected chi connectivity index (χ1v) is 9.18. The van der Waals surface area contributed by atoms with E-state index in [0.717, 1.165) is 42.5 Å². The predicted octanol–water partition coefficient (Wildman–Crippen LogP) is 4.71. The van der Waals surface area contributed by atoms with Crippen molar-refractivity contribution in [3.8, 4) is 0 Å². The van der Waals surface area contributed by atoms with Crippen molar-refractivity contribution >= 4 is 42.2 Å². The minimum absolute atomic E-state index is 0. The standard InChI is InChI=1S/C19H23ClN4.2ClH/c20-15-3-1-2-12(8-15)6-7-22-18-11-17(14-9-16(21)10-14)23-19(24-18)13-4-5-13;;/h1-3,8,11,13-14,16H,4-7,9-10,21H2,(H,22,23,24);2*1H. The van der Waals surface area contributed by atoms with Gasteiger partial charge in [-0.25, -0.2) is 9.97 Å². The Bertz CT molecular complexity index is 730. The summed E-state index contributed by atoms with van der Waals surface area (Å²) in [5.74, 6) is 3.03. The Morgan fingerprint density at radius 1 is 1.08 bits per heavy atom. The Labute approximate surface area is 172 Å². The molecule has 1 aromatic heterocycles. The van der Waals surface area contributed by atoms with Crippen LogP contribution in [0.15, 0.2) is 30.3 Å². The molecule has 2 fully saturated rings. The molecule has 0 radical (unpaired) electrons. The number of halogens is 3. The summed E-state index contributed by atoms with van der Waals surface area (Å²) in [5.41, 5.74) is 8.34. The maximum Gasteiger partial charge on any atom is 0.134 e. The van der Waals surface area contributed by atoms with Crippen molar-refractivity contribution in [3.63, 3.8) is 0 Å². The fourth-order valence-corrected chi connectivity index (χ4v) is 3.45. The molecule has 1 heterocycles. The van der Waals surface area contributed by atoms with E-state index in [0.29, 0.717) is 17.9 Å². The van der Waals surface area contributed by atoms with Gasteiger partial charge in [-0.1, -0.05) is 23.7 Å². The molecule has 7 heteroatoms. The second kappa shape index (κ2) is 9.23. The molecule has 2 aromatic rings. The van der Waals surface area contributed by atoms with Gasteiger partial charge in [0.15, 0.2) is 0 Å². The molecule has 142 valence electrons. The number of nitrogens with one attached hydrogen (secondary N) is 1. The van der Waals surface area contributed by atoms with Crippen molar-refractivity contribution in [1.29, 1.82) is 0 Å². The van der Waals surface area contributed by atoms with Crippen LogP contribution in [0.2, 0.25) is 5.02 Å². The van der Waals surface area contributed by atoms with E-state index in [4.69, 9.17) is 27.3 Å². The molecule has 0 spiro atoms. The molecule has 4 rings (SSSR count). The van der Waals surface area contributed by atoms with Crippen LogP contribution in [-0.2, 0) is 6.42 Å². The molecule has 2 aliphatic carbocycles. The number of rotatable bonds is 6. The Balaban J connectivity index is 0.00000121. The average Bonchev–Trinajstić information content (AvgIpc) is 3.37. The second-order valence-electron chi connectivity index (χ2n) is 7.05. The summed E-state index contributed by atoms with van der Waals surface area (Å²) >= 11 is 6.04. The molecule has 0 unspecified atom stereocenters. The summed E-state index contributed by atoms with van der Waals surface area (Å²) in [7, 11) is 0. The van der Waals surface area contributed by atoms with Gasteiger partial charge in [0.25, 0.3) is 0 Å². The Kier molecular flexibility index (Phi) is 7.53. The first-order valence-electron chi connectivity index (χ1n) is 8.80. The molecule has 4 nitrogen and oxygen atoms in total. The van der Waals surface area contributed by atoms with E-state index in [9.17, 15) is 0 Å². The molecule has 0 aliphatic heterocycles. The molecule has 2 saturated carbocycles. The van der Waals surface area contributed by atoms with E-state index >= 15 is 0 Å². The summed E-state index contributed by atoms with van der Waals surface area (Å²) in [4.78, 5) is 9.53. The Morgan fingerprint density at radius 2 is 1.85 bits per heavy atom. The molecule has 0 bridgehead atoms. The number of anilines is 1. The van der Waals surface area contributed by atoms with Crippen LogP contribution in [0, 0.1) is 0 Å².